The summed E-state index contributed by atoms with van der Waals surface area (Å²) in [6.45, 7) is 3.83. The molecule has 5 nitrogen and oxygen atoms in total. The van der Waals surface area contributed by atoms with Crippen LogP contribution in [0.5, 0.6) is 0 Å². The highest BCUT2D eigenvalue weighted by molar-refractivity contribution is 5.82. The Morgan fingerprint density at radius 2 is 2.11 bits per heavy atom. The van der Waals surface area contributed by atoms with Crippen molar-refractivity contribution in [2.75, 3.05) is 13.7 Å². The Hall–Kier alpha value is -1.70. The molecule has 0 aromatic carbocycles. The van der Waals surface area contributed by atoms with Crippen LogP contribution in [0.15, 0.2) is 0 Å². The monoisotopic (exact) mass is 267 g/mol. The van der Waals surface area contributed by atoms with Gasteiger partial charge in [0.2, 0.25) is 0 Å². The number of nitrogens with zero attached hydrogens (tertiary/aromatic N) is 1. The lowest BCUT2D eigenvalue weighted by Gasteiger charge is -2.27. The van der Waals surface area contributed by atoms with Gasteiger partial charge in [-0.15, -0.1) is 11.8 Å². The summed E-state index contributed by atoms with van der Waals surface area (Å²) in [4.78, 5) is 25.2. The van der Waals surface area contributed by atoms with Gasteiger partial charge in [-0.25, -0.2) is 9.59 Å². The molecule has 0 aromatic heterocycles. The fourth-order valence-corrected chi connectivity index (χ4v) is 2.37. The molecule has 2 atom stereocenters. The number of rotatable bonds is 4. The minimum Gasteiger partial charge on any atom is -0.467 e. The number of ether oxygens (including phenoxy) is 2. The first-order valence-corrected chi connectivity index (χ1v) is 6.58. The highest BCUT2D eigenvalue weighted by Crippen LogP contribution is 2.28. The van der Waals surface area contributed by atoms with Gasteiger partial charge in [-0.2, -0.15) is 0 Å². The molecule has 0 aromatic rings. The third-order valence-electron chi connectivity index (χ3n) is 3.23. The first-order valence-electron chi connectivity index (χ1n) is 6.58. The molecule has 1 amide bonds. The van der Waals surface area contributed by atoms with Crippen molar-refractivity contribution in [2.45, 2.75) is 51.6 Å². The molecule has 1 aliphatic rings. The molecule has 0 aliphatic carbocycles. The number of esters is 1. The Balaban J connectivity index is 2.76. The van der Waals surface area contributed by atoms with E-state index in [2.05, 4.69) is 11.8 Å². The number of likely N-dealkylation sites (tertiary alicyclic amines) is 1. The van der Waals surface area contributed by atoms with Gasteiger partial charge >= 0.3 is 12.1 Å². The Kier molecular flexibility index (Phi) is 6.20. The molecule has 0 radical (unpaired) electrons. The van der Waals surface area contributed by atoms with Crippen molar-refractivity contribution in [2.24, 2.45) is 0 Å². The topological polar surface area (TPSA) is 55.8 Å². The van der Waals surface area contributed by atoms with Gasteiger partial charge in [0.1, 0.15) is 6.04 Å². The zero-order valence-electron chi connectivity index (χ0n) is 11.8. The fourth-order valence-electron chi connectivity index (χ4n) is 2.37. The van der Waals surface area contributed by atoms with E-state index in [-0.39, 0.29) is 12.0 Å². The summed E-state index contributed by atoms with van der Waals surface area (Å²) in [5.74, 6) is 5.43. The number of carbonyl (C=O) groups excluding carboxylic acids is 2. The van der Waals surface area contributed by atoms with E-state index in [9.17, 15) is 9.59 Å². The lowest BCUT2D eigenvalue weighted by molar-refractivity contribution is -0.145. The molecule has 0 unspecified atom stereocenters. The van der Waals surface area contributed by atoms with Gasteiger partial charge in [0, 0.05) is 12.5 Å². The number of methoxy groups -OCH3 is 1. The van der Waals surface area contributed by atoms with Gasteiger partial charge in [0.15, 0.2) is 0 Å². The van der Waals surface area contributed by atoms with Gasteiger partial charge in [0.25, 0.3) is 0 Å². The predicted molar refractivity (Wildman–Crippen MR) is 70.4 cm³/mol. The fraction of sp³-hybridized carbons (Fsp3) is 0.714. The normalized spacial score (nSPS) is 21.5. The average Bonchev–Trinajstić information content (AvgIpc) is 2.82. The van der Waals surface area contributed by atoms with E-state index in [1.165, 1.54) is 12.0 Å². The number of hydrogen-bond acceptors (Lipinski definition) is 4. The van der Waals surface area contributed by atoms with Gasteiger partial charge in [-0.1, -0.05) is 0 Å². The molecule has 1 heterocycles. The second-order valence-electron chi connectivity index (χ2n) is 4.34. The van der Waals surface area contributed by atoms with Crippen LogP contribution in [0.4, 0.5) is 4.79 Å². The van der Waals surface area contributed by atoms with Crippen molar-refractivity contribution in [1.82, 2.24) is 4.90 Å². The Morgan fingerprint density at radius 1 is 1.37 bits per heavy atom. The molecule has 5 heteroatoms. The standard InChI is InChI=1S/C14H21NO4/c1-4-6-7-8-11-9-10-12(13(16)18-3)15(11)14(17)19-5-2/h11-12H,5,7-10H2,1-3H3/t11-,12-/m0/s1. The molecule has 1 saturated heterocycles. The average molecular weight is 267 g/mol. The first-order chi connectivity index (χ1) is 9.15. The largest absolute Gasteiger partial charge is 0.467 e. The summed E-state index contributed by atoms with van der Waals surface area (Å²) in [6, 6.07) is -0.521. The third kappa shape index (κ3) is 3.88. The molecule has 0 bridgehead atoms. The quantitative estimate of drug-likeness (QED) is 0.577. The van der Waals surface area contributed by atoms with Gasteiger partial charge in [-0.05, 0) is 33.1 Å². The number of carbonyl (C=O) groups is 2. The van der Waals surface area contributed by atoms with Crippen molar-refractivity contribution in [3.05, 3.63) is 0 Å². The molecule has 0 N–H and O–H groups in total. The van der Waals surface area contributed by atoms with Crippen molar-refractivity contribution in [3.8, 4) is 11.8 Å². The van der Waals surface area contributed by atoms with Crippen LogP contribution in [0.2, 0.25) is 0 Å². The van der Waals surface area contributed by atoms with Crippen molar-refractivity contribution < 1.29 is 19.1 Å². The summed E-state index contributed by atoms with van der Waals surface area (Å²) in [5, 5.41) is 0. The van der Waals surface area contributed by atoms with Gasteiger partial charge in [-0.3, -0.25) is 4.90 Å². The summed E-state index contributed by atoms with van der Waals surface area (Å²) in [7, 11) is 1.33. The maximum absolute atomic E-state index is 12.0. The zero-order valence-corrected chi connectivity index (χ0v) is 11.8. The van der Waals surface area contributed by atoms with Crippen LogP contribution in [0.1, 0.15) is 39.5 Å². The Bertz CT molecular complexity index is 383. The highest BCUT2D eigenvalue weighted by atomic mass is 16.6. The molecule has 1 fully saturated rings. The molecule has 0 spiro atoms. The molecule has 106 valence electrons. The van der Waals surface area contributed by atoms with Crippen LogP contribution in [0, 0.1) is 11.8 Å². The van der Waals surface area contributed by atoms with E-state index in [0.717, 1.165) is 12.8 Å². The molecule has 1 rings (SSSR count). The lowest BCUT2D eigenvalue weighted by Crippen LogP contribution is -2.45. The van der Waals surface area contributed by atoms with Crippen LogP contribution in [-0.2, 0) is 14.3 Å². The maximum Gasteiger partial charge on any atom is 0.410 e. The lowest BCUT2D eigenvalue weighted by atomic mass is 10.1. The second kappa shape index (κ2) is 7.67. The number of hydrogen-bond donors (Lipinski definition) is 0. The highest BCUT2D eigenvalue weighted by Gasteiger charge is 2.41. The summed E-state index contributed by atoms with van der Waals surface area (Å²) in [5.41, 5.74) is 0. The third-order valence-corrected chi connectivity index (χ3v) is 3.23. The molecule has 0 saturated carbocycles. The molecular formula is C14H21NO4. The Labute approximate surface area is 114 Å². The minimum absolute atomic E-state index is 0.00370. The first kappa shape index (κ1) is 15.4. The summed E-state index contributed by atoms with van der Waals surface area (Å²) >= 11 is 0. The van der Waals surface area contributed by atoms with Crippen molar-refractivity contribution in [1.29, 1.82) is 0 Å². The SMILES string of the molecule is CC#CCC[C@H]1CC[C@@H](C(=O)OC)N1C(=O)OCC. The van der Waals surface area contributed by atoms with E-state index in [1.807, 2.05) is 0 Å². The van der Waals surface area contributed by atoms with Crippen LogP contribution >= 0.6 is 0 Å². The van der Waals surface area contributed by atoms with Crippen molar-refractivity contribution in [3.63, 3.8) is 0 Å². The minimum atomic E-state index is -0.524. The Morgan fingerprint density at radius 3 is 2.68 bits per heavy atom. The van der Waals surface area contributed by atoms with Gasteiger partial charge < -0.3 is 9.47 Å². The molecular weight excluding hydrogens is 246 g/mol. The van der Waals surface area contributed by atoms with Gasteiger partial charge in [0.05, 0.1) is 13.7 Å². The van der Waals surface area contributed by atoms with E-state index in [1.54, 1.807) is 13.8 Å². The number of amides is 1. The summed E-state index contributed by atoms with van der Waals surface area (Å²) < 4.78 is 9.78. The smallest absolute Gasteiger partial charge is 0.410 e. The van der Waals surface area contributed by atoms with E-state index >= 15 is 0 Å². The molecule has 1 aliphatic heterocycles. The molecule has 19 heavy (non-hydrogen) atoms. The van der Waals surface area contributed by atoms with Crippen LogP contribution < -0.4 is 0 Å². The maximum atomic E-state index is 12.0. The van der Waals surface area contributed by atoms with Crippen LogP contribution in [-0.4, -0.2) is 42.8 Å². The predicted octanol–water partition coefficient (Wildman–Crippen LogP) is 1.95. The van der Waals surface area contributed by atoms with Crippen LogP contribution in [0.3, 0.4) is 0 Å². The van der Waals surface area contributed by atoms with E-state index in [4.69, 9.17) is 9.47 Å². The van der Waals surface area contributed by atoms with E-state index in [0.29, 0.717) is 19.4 Å². The van der Waals surface area contributed by atoms with Crippen molar-refractivity contribution >= 4 is 12.1 Å². The summed E-state index contributed by atoms with van der Waals surface area (Å²) in [6.07, 6.45) is 2.43. The van der Waals surface area contributed by atoms with Crippen LogP contribution in [0.25, 0.3) is 0 Å². The van der Waals surface area contributed by atoms with E-state index < -0.39 is 12.1 Å². The second-order valence-corrected chi connectivity index (χ2v) is 4.34. The zero-order chi connectivity index (χ0) is 14.3.